The third-order valence-corrected chi connectivity index (χ3v) is 4.98. The van der Waals surface area contributed by atoms with Crippen LogP contribution in [-0.4, -0.2) is 26.9 Å². The quantitative estimate of drug-likeness (QED) is 0.525. The second kappa shape index (κ2) is 6.79. The maximum absolute atomic E-state index is 10.3. The van der Waals surface area contributed by atoms with Gasteiger partial charge < -0.3 is 10.4 Å². The number of anilines is 1. The summed E-state index contributed by atoms with van der Waals surface area (Å²) in [5.41, 5.74) is 1.86. The highest BCUT2D eigenvalue weighted by atomic mass is 32.2. The summed E-state index contributed by atoms with van der Waals surface area (Å²) in [6, 6.07) is 18.3. The zero-order chi connectivity index (χ0) is 16.4. The van der Waals surface area contributed by atoms with Gasteiger partial charge in [-0.25, -0.2) is 9.97 Å². The maximum atomic E-state index is 10.3. The molecule has 1 heterocycles. The topological polar surface area (TPSA) is 58.0 Å². The van der Waals surface area contributed by atoms with Crippen molar-refractivity contribution < 1.29 is 5.11 Å². The third kappa shape index (κ3) is 3.52. The first-order valence-corrected chi connectivity index (χ1v) is 9.17. The van der Waals surface area contributed by atoms with Gasteiger partial charge in [0, 0.05) is 17.2 Å². The smallest absolute Gasteiger partial charge is 0.190 e. The molecule has 1 aliphatic carbocycles. The largest absolute Gasteiger partial charge is 0.388 e. The molecule has 1 aliphatic rings. The number of nitrogens with zero attached hydrogens (tertiary/aromatic N) is 2. The molecule has 0 spiro atoms. The predicted octanol–water partition coefficient (Wildman–Crippen LogP) is 4.03. The third-order valence-electron chi connectivity index (χ3n) is 4.06. The van der Waals surface area contributed by atoms with Gasteiger partial charge in [0.15, 0.2) is 5.16 Å². The lowest BCUT2D eigenvalue weighted by molar-refractivity contribution is 0.204. The van der Waals surface area contributed by atoms with Crippen molar-refractivity contribution in [1.82, 2.24) is 9.97 Å². The van der Waals surface area contributed by atoms with E-state index in [0.717, 1.165) is 22.3 Å². The monoisotopic (exact) mass is 337 g/mol. The Balaban J connectivity index is 1.55. The van der Waals surface area contributed by atoms with Gasteiger partial charge in [-0.1, -0.05) is 54.2 Å². The maximum Gasteiger partial charge on any atom is 0.190 e. The summed E-state index contributed by atoms with van der Waals surface area (Å²) in [6.07, 6.45) is 1.88. The molecule has 0 bridgehead atoms. The fourth-order valence-corrected chi connectivity index (χ4v) is 3.39. The van der Waals surface area contributed by atoms with Crippen LogP contribution in [0.25, 0.3) is 10.9 Å². The number of hydrogen-bond donors (Lipinski definition) is 2. The van der Waals surface area contributed by atoms with Gasteiger partial charge in [-0.15, -0.1) is 0 Å². The van der Waals surface area contributed by atoms with Gasteiger partial charge in [0.2, 0.25) is 0 Å². The van der Waals surface area contributed by atoms with E-state index in [4.69, 9.17) is 0 Å². The first kappa shape index (κ1) is 15.4. The summed E-state index contributed by atoms with van der Waals surface area (Å²) in [7, 11) is 0. The Morgan fingerprint density at radius 2 is 1.79 bits per heavy atom. The summed E-state index contributed by atoms with van der Waals surface area (Å²) in [5.74, 6) is 1.44. The average Bonchev–Trinajstić information content (AvgIpc) is 3.44. The van der Waals surface area contributed by atoms with Crippen LogP contribution in [0.5, 0.6) is 0 Å². The van der Waals surface area contributed by atoms with Gasteiger partial charge in [-0.2, -0.15) is 0 Å². The highest BCUT2D eigenvalue weighted by Gasteiger charge is 2.23. The predicted molar refractivity (Wildman–Crippen MR) is 98.3 cm³/mol. The fraction of sp³-hybridized carbons (Fsp3) is 0.263. The van der Waals surface area contributed by atoms with Crippen LogP contribution < -0.4 is 5.32 Å². The number of rotatable bonds is 6. The lowest BCUT2D eigenvalue weighted by Crippen LogP contribution is -2.06. The molecule has 5 heteroatoms. The van der Waals surface area contributed by atoms with E-state index in [-0.39, 0.29) is 0 Å². The molecule has 4 nitrogen and oxygen atoms in total. The zero-order valence-corrected chi connectivity index (χ0v) is 14.0. The Bertz CT molecular complexity index is 836. The van der Waals surface area contributed by atoms with E-state index < -0.39 is 6.10 Å². The van der Waals surface area contributed by atoms with Gasteiger partial charge in [-0.3, -0.25) is 0 Å². The number of hydrogen-bond acceptors (Lipinski definition) is 5. The van der Waals surface area contributed by atoms with Crippen molar-refractivity contribution in [3.8, 4) is 0 Å². The van der Waals surface area contributed by atoms with Crippen molar-refractivity contribution >= 4 is 28.5 Å². The number of benzene rings is 2. The Morgan fingerprint density at radius 1 is 1.04 bits per heavy atom. The van der Waals surface area contributed by atoms with Crippen LogP contribution in [0.1, 0.15) is 24.5 Å². The Kier molecular flexibility index (Phi) is 4.36. The minimum absolute atomic E-state index is 0.522. The molecule has 0 radical (unpaired) electrons. The van der Waals surface area contributed by atoms with Gasteiger partial charge >= 0.3 is 0 Å². The van der Waals surface area contributed by atoms with E-state index >= 15 is 0 Å². The molecule has 1 fully saturated rings. The van der Waals surface area contributed by atoms with Crippen LogP contribution >= 0.6 is 11.8 Å². The standard InChI is InChI=1S/C19H19N3OS/c23-17(13-6-2-1-3-7-13)12-24-19-21-16-9-5-4-8-15(16)18(22-19)20-14-10-11-14/h1-9,14,17,23H,10-12H2,(H,20,21,22)/t17-/m1/s1. The van der Waals surface area contributed by atoms with E-state index in [1.807, 2.05) is 54.6 Å². The molecule has 2 N–H and O–H groups in total. The molecule has 1 aromatic heterocycles. The molecule has 122 valence electrons. The number of nitrogens with one attached hydrogen (secondary N) is 1. The molecule has 1 atom stereocenters. The Morgan fingerprint density at radius 3 is 2.58 bits per heavy atom. The molecule has 0 amide bonds. The lowest BCUT2D eigenvalue weighted by Gasteiger charge is -2.12. The van der Waals surface area contributed by atoms with Crippen molar-refractivity contribution in [3.63, 3.8) is 0 Å². The highest BCUT2D eigenvalue weighted by Crippen LogP contribution is 2.30. The van der Waals surface area contributed by atoms with Crippen LogP contribution in [0.15, 0.2) is 59.8 Å². The van der Waals surface area contributed by atoms with E-state index in [1.54, 1.807) is 0 Å². The number of aliphatic hydroxyl groups is 1. The summed E-state index contributed by atoms with van der Waals surface area (Å²) in [5, 5.41) is 15.6. The van der Waals surface area contributed by atoms with Crippen molar-refractivity contribution in [2.75, 3.05) is 11.1 Å². The Labute approximate surface area is 145 Å². The summed E-state index contributed by atoms with van der Waals surface area (Å²) in [4.78, 5) is 9.31. The molecule has 24 heavy (non-hydrogen) atoms. The normalized spacial score (nSPS) is 15.4. The van der Waals surface area contributed by atoms with E-state index in [2.05, 4.69) is 15.3 Å². The molecule has 2 aromatic carbocycles. The second-order valence-corrected chi connectivity index (χ2v) is 7.02. The summed E-state index contributed by atoms with van der Waals surface area (Å²) >= 11 is 1.49. The van der Waals surface area contributed by atoms with Gasteiger partial charge in [0.25, 0.3) is 0 Å². The van der Waals surface area contributed by atoms with Gasteiger partial charge in [0.05, 0.1) is 11.6 Å². The van der Waals surface area contributed by atoms with Crippen LogP contribution in [0, 0.1) is 0 Å². The fourth-order valence-electron chi connectivity index (χ4n) is 2.58. The number of aromatic nitrogens is 2. The van der Waals surface area contributed by atoms with Gasteiger partial charge in [-0.05, 0) is 30.5 Å². The van der Waals surface area contributed by atoms with Crippen LogP contribution in [0.3, 0.4) is 0 Å². The number of aliphatic hydroxyl groups excluding tert-OH is 1. The molecule has 0 aliphatic heterocycles. The van der Waals surface area contributed by atoms with E-state index in [0.29, 0.717) is 17.0 Å². The van der Waals surface area contributed by atoms with Crippen molar-refractivity contribution in [1.29, 1.82) is 0 Å². The second-order valence-electron chi connectivity index (χ2n) is 6.03. The molecular formula is C19H19N3OS. The molecular weight excluding hydrogens is 318 g/mol. The SMILES string of the molecule is O[C@H](CSc1nc(NC2CC2)c2ccccc2n1)c1ccccc1. The van der Waals surface area contributed by atoms with Crippen molar-refractivity contribution in [3.05, 3.63) is 60.2 Å². The van der Waals surface area contributed by atoms with Gasteiger partial charge in [0.1, 0.15) is 5.82 Å². The summed E-state index contributed by atoms with van der Waals surface area (Å²) in [6.45, 7) is 0. The van der Waals surface area contributed by atoms with Crippen LogP contribution in [-0.2, 0) is 0 Å². The first-order valence-electron chi connectivity index (χ1n) is 8.19. The Hall–Kier alpha value is -2.11. The lowest BCUT2D eigenvalue weighted by atomic mass is 10.1. The molecule has 3 aromatic rings. The van der Waals surface area contributed by atoms with E-state index in [9.17, 15) is 5.11 Å². The molecule has 4 rings (SSSR count). The number of fused-ring (bicyclic) bond motifs is 1. The highest BCUT2D eigenvalue weighted by molar-refractivity contribution is 7.99. The van der Waals surface area contributed by atoms with Crippen molar-refractivity contribution in [2.24, 2.45) is 0 Å². The molecule has 0 unspecified atom stereocenters. The van der Waals surface area contributed by atoms with E-state index in [1.165, 1.54) is 24.6 Å². The number of para-hydroxylation sites is 1. The summed E-state index contributed by atoms with van der Waals surface area (Å²) < 4.78 is 0. The molecule has 1 saturated carbocycles. The minimum Gasteiger partial charge on any atom is -0.388 e. The first-order chi connectivity index (χ1) is 11.8. The van der Waals surface area contributed by atoms with Crippen LogP contribution in [0.2, 0.25) is 0 Å². The number of thioether (sulfide) groups is 1. The van der Waals surface area contributed by atoms with Crippen molar-refractivity contribution in [2.45, 2.75) is 30.1 Å². The zero-order valence-electron chi connectivity index (χ0n) is 13.2. The average molecular weight is 337 g/mol. The molecule has 0 saturated heterocycles. The minimum atomic E-state index is -0.522. The van der Waals surface area contributed by atoms with Crippen LogP contribution in [0.4, 0.5) is 5.82 Å².